The fraction of sp³-hybridized carbons (Fsp3) is 0.571. The van der Waals surface area contributed by atoms with Gasteiger partial charge in [-0.05, 0) is 53.5 Å². The van der Waals surface area contributed by atoms with Crippen molar-refractivity contribution >= 4 is 26.0 Å². The third-order valence-corrected chi connectivity index (χ3v) is 5.69. The van der Waals surface area contributed by atoms with Gasteiger partial charge in [0.2, 0.25) is 10.0 Å². The quantitative estimate of drug-likeness (QED) is 0.646. The Morgan fingerprint density at radius 2 is 2.00 bits per heavy atom. The summed E-state index contributed by atoms with van der Waals surface area (Å²) in [6.07, 6.45) is 0. The van der Waals surface area contributed by atoms with E-state index in [-0.39, 0.29) is 11.4 Å². The van der Waals surface area contributed by atoms with Crippen molar-refractivity contribution < 1.29 is 13.2 Å². The zero-order valence-electron chi connectivity index (χ0n) is 12.7. The van der Waals surface area contributed by atoms with Crippen molar-refractivity contribution in [3.05, 3.63) is 27.7 Å². The molecule has 1 aromatic rings. The molecule has 2 N–H and O–H groups in total. The molecule has 0 heterocycles. The summed E-state index contributed by atoms with van der Waals surface area (Å²) in [5.41, 5.74) is 1.85. The molecule has 0 fully saturated rings. The largest absolute Gasteiger partial charge is 0.380 e. The van der Waals surface area contributed by atoms with E-state index in [0.29, 0.717) is 24.2 Å². The molecule has 0 aliphatic carbocycles. The number of rotatable bonds is 9. The molecule has 0 aromatic heterocycles. The Balaban J connectivity index is 2.95. The number of aryl methyl sites for hydroxylation is 1. The summed E-state index contributed by atoms with van der Waals surface area (Å²) in [5, 5.41) is 3.20. The van der Waals surface area contributed by atoms with E-state index in [4.69, 9.17) is 4.74 Å². The molecule has 0 unspecified atom stereocenters. The van der Waals surface area contributed by atoms with Crippen LogP contribution >= 0.6 is 15.9 Å². The van der Waals surface area contributed by atoms with E-state index in [2.05, 4.69) is 26.0 Å². The van der Waals surface area contributed by atoms with Crippen molar-refractivity contribution in [2.45, 2.75) is 32.2 Å². The summed E-state index contributed by atoms with van der Waals surface area (Å²) >= 11 is 3.37. The van der Waals surface area contributed by atoms with Crippen LogP contribution in [0, 0.1) is 6.92 Å². The predicted molar refractivity (Wildman–Crippen MR) is 87.9 cm³/mol. The number of hydrogen-bond donors (Lipinski definition) is 2. The highest BCUT2D eigenvalue weighted by molar-refractivity contribution is 9.10. The second-order valence-corrected chi connectivity index (χ2v) is 7.13. The summed E-state index contributed by atoms with van der Waals surface area (Å²) < 4.78 is 33.1. The van der Waals surface area contributed by atoms with Gasteiger partial charge in [-0.3, -0.25) is 0 Å². The molecular formula is C14H23BrN2O3S. The number of nitrogens with one attached hydrogen (secondary N) is 2. The van der Waals surface area contributed by atoms with Crippen molar-refractivity contribution in [3.63, 3.8) is 0 Å². The van der Waals surface area contributed by atoms with Gasteiger partial charge < -0.3 is 10.1 Å². The highest BCUT2D eigenvalue weighted by Crippen LogP contribution is 2.27. The molecule has 120 valence electrons. The van der Waals surface area contributed by atoms with Crippen LogP contribution in [0.15, 0.2) is 21.5 Å². The van der Waals surface area contributed by atoms with Gasteiger partial charge in [-0.25, -0.2) is 13.1 Å². The fourth-order valence-corrected chi connectivity index (χ4v) is 3.93. The second-order valence-electron chi connectivity index (χ2n) is 4.60. The van der Waals surface area contributed by atoms with Gasteiger partial charge in [0, 0.05) is 24.2 Å². The van der Waals surface area contributed by atoms with E-state index in [1.807, 2.05) is 26.8 Å². The molecular weight excluding hydrogens is 356 g/mol. The van der Waals surface area contributed by atoms with Crippen molar-refractivity contribution in [2.75, 3.05) is 26.3 Å². The lowest BCUT2D eigenvalue weighted by Crippen LogP contribution is -2.28. The van der Waals surface area contributed by atoms with Gasteiger partial charge in [-0.2, -0.15) is 0 Å². The molecule has 1 rings (SSSR count). The average molecular weight is 379 g/mol. The highest BCUT2D eigenvalue weighted by Gasteiger charge is 2.19. The number of benzene rings is 1. The van der Waals surface area contributed by atoms with Crippen LogP contribution in [0.5, 0.6) is 0 Å². The summed E-state index contributed by atoms with van der Waals surface area (Å²) in [7, 11) is -3.55. The van der Waals surface area contributed by atoms with Gasteiger partial charge >= 0.3 is 0 Å². The molecule has 0 saturated carbocycles. The maximum Gasteiger partial charge on any atom is 0.241 e. The molecule has 21 heavy (non-hydrogen) atoms. The smallest absolute Gasteiger partial charge is 0.241 e. The van der Waals surface area contributed by atoms with Crippen LogP contribution in [0.1, 0.15) is 25.0 Å². The summed E-state index contributed by atoms with van der Waals surface area (Å²) in [6, 6.07) is 3.68. The normalized spacial score (nSPS) is 11.8. The first kappa shape index (κ1) is 18.6. The molecule has 0 radical (unpaired) electrons. The van der Waals surface area contributed by atoms with Crippen LogP contribution in [0.3, 0.4) is 0 Å². The van der Waals surface area contributed by atoms with Gasteiger partial charge in [0.1, 0.15) is 0 Å². The van der Waals surface area contributed by atoms with E-state index in [9.17, 15) is 8.42 Å². The van der Waals surface area contributed by atoms with Gasteiger partial charge in [0.05, 0.1) is 11.5 Å². The van der Waals surface area contributed by atoms with E-state index >= 15 is 0 Å². The summed E-state index contributed by atoms with van der Waals surface area (Å²) in [6.45, 7) is 8.46. The molecule has 0 aliphatic heterocycles. The lowest BCUT2D eigenvalue weighted by atomic mass is 10.1. The molecule has 0 spiro atoms. The molecule has 0 amide bonds. The van der Waals surface area contributed by atoms with Gasteiger partial charge in [0.15, 0.2) is 0 Å². The number of hydrogen-bond acceptors (Lipinski definition) is 4. The number of halogens is 1. The monoisotopic (exact) mass is 378 g/mol. The highest BCUT2D eigenvalue weighted by atomic mass is 79.9. The van der Waals surface area contributed by atoms with Gasteiger partial charge in [-0.1, -0.05) is 13.0 Å². The Morgan fingerprint density at radius 1 is 1.29 bits per heavy atom. The van der Waals surface area contributed by atoms with Crippen LogP contribution in [-0.4, -0.2) is 34.7 Å². The first-order valence-corrected chi connectivity index (χ1v) is 9.27. The molecule has 0 saturated heterocycles. The molecule has 0 aliphatic rings. The maximum atomic E-state index is 12.4. The SMILES string of the molecule is CCNCc1cc(C)c(Br)c(S(=O)(=O)NCCOCC)c1. The molecule has 5 nitrogen and oxygen atoms in total. The van der Waals surface area contributed by atoms with E-state index in [1.165, 1.54) is 0 Å². The minimum Gasteiger partial charge on any atom is -0.380 e. The van der Waals surface area contributed by atoms with Crippen LogP contribution in [-0.2, 0) is 21.3 Å². The van der Waals surface area contributed by atoms with E-state index in [0.717, 1.165) is 17.7 Å². The van der Waals surface area contributed by atoms with Crippen molar-refractivity contribution in [1.29, 1.82) is 0 Å². The second kappa shape index (κ2) is 8.85. The predicted octanol–water partition coefficient (Wildman–Crippen LogP) is 2.18. The van der Waals surface area contributed by atoms with Crippen molar-refractivity contribution in [2.24, 2.45) is 0 Å². The fourth-order valence-electron chi connectivity index (χ4n) is 1.85. The minimum atomic E-state index is -3.55. The molecule has 0 bridgehead atoms. The zero-order valence-corrected chi connectivity index (χ0v) is 15.1. The Kier molecular flexibility index (Phi) is 7.83. The van der Waals surface area contributed by atoms with E-state index < -0.39 is 10.0 Å². The van der Waals surface area contributed by atoms with Crippen LogP contribution < -0.4 is 10.0 Å². The summed E-state index contributed by atoms with van der Waals surface area (Å²) in [4.78, 5) is 0.270. The Morgan fingerprint density at radius 3 is 2.62 bits per heavy atom. The van der Waals surface area contributed by atoms with Crippen LogP contribution in [0.2, 0.25) is 0 Å². The first-order chi connectivity index (χ1) is 9.92. The molecule has 1 aromatic carbocycles. The lowest BCUT2D eigenvalue weighted by Gasteiger charge is -2.13. The first-order valence-electron chi connectivity index (χ1n) is 6.99. The van der Waals surface area contributed by atoms with Crippen LogP contribution in [0.25, 0.3) is 0 Å². The number of ether oxygens (including phenoxy) is 1. The van der Waals surface area contributed by atoms with Gasteiger partial charge in [-0.15, -0.1) is 0 Å². The Bertz CT molecular complexity index is 562. The Hall–Kier alpha value is -0.470. The minimum absolute atomic E-state index is 0.263. The number of sulfonamides is 1. The Labute approximate surface area is 135 Å². The summed E-state index contributed by atoms with van der Waals surface area (Å²) in [5.74, 6) is 0. The topological polar surface area (TPSA) is 67.4 Å². The van der Waals surface area contributed by atoms with Crippen LogP contribution in [0.4, 0.5) is 0 Å². The average Bonchev–Trinajstić information content (AvgIpc) is 2.44. The van der Waals surface area contributed by atoms with Gasteiger partial charge in [0.25, 0.3) is 0 Å². The maximum absolute atomic E-state index is 12.4. The lowest BCUT2D eigenvalue weighted by molar-refractivity contribution is 0.153. The van der Waals surface area contributed by atoms with E-state index in [1.54, 1.807) is 6.07 Å². The third kappa shape index (κ3) is 5.67. The van der Waals surface area contributed by atoms with Crippen molar-refractivity contribution in [3.8, 4) is 0 Å². The molecule has 7 heteroatoms. The third-order valence-electron chi connectivity index (χ3n) is 2.89. The zero-order chi connectivity index (χ0) is 15.9. The van der Waals surface area contributed by atoms with Crippen molar-refractivity contribution in [1.82, 2.24) is 10.0 Å². The standard InChI is InChI=1S/C14H23BrN2O3S/c1-4-16-10-12-8-11(3)14(15)13(9-12)21(18,19)17-6-7-20-5-2/h8-9,16-17H,4-7,10H2,1-3H3. The molecule has 0 atom stereocenters.